The molecule has 82 valence electrons. The molecule has 0 amide bonds. The highest BCUT2D eigenvalue weighted by molar-refractivity contribution is 6.31. The number of benzene rings is 1. The first-order valence-electron chi connectivity index (χ1n) is 3.98. The summed E-state index contributed by atoms with van der Waals surface area (Å²) in [6.45, 7) is 0. The van der Waals surface area contributed by atoms with Gasteiger partial charge in [0.2, 0.25) is 0 Å². The van der Waals surface area contributed by atoms with Gasteiger partial charge in [0.1, 0.15) is 11.9 Å². The Balaban J connectivity index is 3.06. The van der Waals surface area contributed by atoms with Crippen LogP contribution in [0, 0.1) is 5.82 Å². The monoisotopic (exact) mass is 234 g/mol. The van der Waals surface area contributed by atoms with E-state index in [-0.39, 0.29) is 5.56 Å². The van der Waals surface area contributed by atoms with Crippen molar-refractivity contribution >= 4 is 17.6 Å². The number of carboxylic acid groups (broad SMARTS) is 1. The van der Waals surface area contributed by atoms with Crippen LogP contribution in [-0.2, 0) is 4.79 Å². The third-order valence-electron chi connectivity index (χ3n) is 1.85. The Kier molecular flexibility index (Phi) is 3.62. The normalized spacial score (nSPS) is 14.7. The number of aliphatic hydroxyl groups is 2. The van der Waals surface area contributed by atoms with Gasteiger partial charge in [0.15, 0.2) is 6.10 Å². The lowest BCUT2D eigenvalue weighted by atomic mass is 10.0. The molecule has 0 spiro atoms. The Morgan fingerprint density at radius 2 is 2.00 bits per heavy atom. The van der Waals surface area contributed by atoms with E-state index in [0.29, 0.717) is 0 Å². The topological polar surface area (TPSA) is 77.8 Å². The van der Waals surface area contributed by atoms with Gasteiger partial charge in [-0.25, -0.2) is 9.18 Å². The summed E-state index contributed by atoms with van der Waals surface area (Å²) in [5.74, 6) is -2.39. The minimum Gasteiger partial charge on any atom is -0.479 e. The Bertz CT molecular complexity index is 382. The van der Waals surface area contributed by atoms with Crippen molar-refractivity contribution in [3.05, 3.63) is 34.6 Å². The summed E-state index contributed by atoms with van der Waals surface area (Å²) in [5.41, 5.74) is -0.161. The van der Waals surface area contributed by atoms with E-state index in [1.807, 2.05) is 0 Å². The first kappa shape index (κ1) is 11.9. The number of hydrogen-bond donors (Lipinski definition) is 3. The number of carbonyl (C=O) groups is 1. The van der Waals surface area contributed by atoms with Crippen LogP contribution in [0.1, 0.15) is 11.7 Å². The first-order valence-corrected chi connectivity index (χ1v) is 4.35. The smallest absolute Gasteiger partial charge is 0.335 e. The van der Waals surface area contributed by atoms with Gasteiger partial charge >= 0.3 is 5.97 Å². The summed E-state index contributed by atoms with van der Waals surface area (Å²) in [6, 6.07) is 3.56. The van der Waals surface area contributed by atoms with Crippen molar-refractivity contribution < 1.29 is 24.5 Å². The van der Waals surface area contributed by atoms with Crippen LogP contribution in [0.5, 0.6) is 0 Å². The van der Waals surface area contributed by atoms with Crippen molar-refractivity contribution in [2.75, 3.05) is 0 Å². The highest BCUT2D eigenvalue weighted by Crippen LogP contribution is 2.27. The number of aliphatic carboxylic acids is 1. The molecule has 0 saturated heterocycles. The van der Waals surface area contributed by atoms with E-state index in [1.165, 1.54) is 12.1 Å². The zero-order valence-corrected chi connectivity index (χ0v) is 8.15. The van der Waals surface area contributed by atoms with Gasteiger partial charge in [-0.1, -0.05) is 23.7 Å². The Labute approximate surface area is 89.5 Å². The molecule has 0 aromatic heterocycles. The van der Waals surface area contributed by atoms with Crippen LogP contribution in [-0.4, -0.2) is 27.4 Å². The van der Waals surface area contributed by atoms with Crippen LogP contribution >= 0.6 is 11.6 Å². The lowest BCUT2D eigenvalue weighted by Crippen LogP contribution is -2.27. The zero-order chi connectivity index (χ0) is 11.6. The first-order chi connectivity index (χ1) is 6.95. The second-order valence-electron chi connectivity index (χ2n) is 2.87. The second kappa shape index (κ2) is 4.57. The molecule has 15 heavy (non-hydrogen) atoms. The highest BCUT2D eigenvalue weighted by Gasteiger charge is 2.27. The molecule has 6 heteroatoms. The molecule has 1 aromatic rings. The molecule has 0 heterocycles. The third kappa shape index (κ3) is 2.44. The summed E-state index contributed by atoms with van der Waals surface area (Å²) in [7, 11) is 0. The molecule has 2 unspecified atom stereocenters. The number of carboxylic acids is 1. The van der Waals surface area contributed by atoms with Gasteiger partial charge in [-0.15, -0.1) is 0 Å². The van der Waals surface area contributed by atoms with E-state index in [2.05, 4.69) is 0 Å². The predicted molar refractivity (Wildman–Crippen MR) is 50.0 cm³/mol. The zero-order valence-electron chi connectivity index (χ0n) is 7.39. The minimum absolute atomic E-state index is 0.161. The van der Waals surface area contributed by atoms with E-state index in [9.17, 15) is 14.3 Å². The minimum atomic E-state index is -2.04. The number of hydrogen-bond acceptors (Lipinski definition) is 3. The van der Waals surface area contributed by atoms with Crippen molar-refractivity contribution in [2.45, 2.75) is 12.2 Å². The SMILES string of the molecule is O=C(O)C(O)C(O)c1cccc(F)c1Cl. The van der Waals surface area contributed by atoms with E-state index in [4.69, 9.17) is 21.8 Å². The fourth-order valence-corrected chi connectivity index (χ4v) is 1.29. The van der Waals surface area contributed by atoms with Crippen LogP contribution in [0.25, 0.3) is 0 Å². The molecule has 3 N–H and O–H groups in total. The highest BCUT2D eigenvalue weighted by atomic mass is 35.5. The second-order valence-corrected chi connectivity index (χ2v) is 3.25. The van der Waals surface area contributed by atoms with Gasteiger partial charge in [0.05, 0.1) is 5.02 Å². The van der Waals surface area contributed by atoms with Crippen LogP contribution in [0.4, 0.5) is 4.39 Å². The van der Waals surface area contributed by atoms with Crippen LogP contribution in [0.2, 0.25) is 5.02 Å². The quantitative estimate of drug-likeness (QED) is 0.728. The summed E-state index contributed by atoms with van der Waals surface area (Å²) in [4.78, 5) is 10.4. The van der Waals surface area contributed by atoms with Crippen LogP contribution in [0.15, 0.2) is 18.2 Å². The lowest BCUT2D eigenvalue weighted by molar-refractivity contribution is -0.153. The lowest BCUT2D eigenvalue weighted by Gasteiger charge is -2.15. The van der Waals surface area contributed by atoms with Crippen LogP contribution in [0.3, 0.4) is 0 Å². The Morgan fingerprint density at radius 3 is 2.53 bits per heavy atom. The largest absolute Gasteiger partial charge is 0.479 e. The van der Waals surface area contributed by atoms with E-state index >= 15 is 0 Å². The molecule has 0 saturated carbocycles. The van der Waals surface area contributed by atoms with Gasteiger partial charge in [-0.3, -0.25) is 0 Å². The third-order valence-corrected chi connectivity index (χ3v) is 2.25. The van der Waals surface area contributed by atoms with Gasteiger partial charge in [0, 0.05) is 5.56 Å². The molecular formula is C9H8ClFO4. The summed E-state index contributed by atoms with van der Waals surface area (Å²) in [5, 5.41) is 26.4. The maximum atomic E-state index is 12.9. The predicted octanol–water partition coefficient (Wildman–Crippen LogP) is 0.958. The fourth-order valence-electron chi connectivity index (χ4n) is 1.05. The van der Waals surface area contributed by atoms with E-state index < -0.39 is 29.0 Å². The van der Waals surface area contributed by atoms with Crippen molar-refractivity contribution in [1.82, 2.24) is 0 Å². The average Bonchev–Trinajstić information content (AvgIpc) is 2.20. The Hall–Kier alpha value is -1.17. The standard InChI is InChI=1S/C9H8ClFO4/c10-6-4(2-1-3-5(6)11)7(12)8(13)9(14)15/h1-3,7-8,12-13H,(H,14,15). The molecule has 0 fully saturated rings. The fraction of sp³-hybridized carbons (Fsp3) is 0.222. The van der Waals surface area contributed by atoms with Gasteiger partial charge in [-0.05, 0) is 6.07 Å². The number of rotatable bonds is 3. The summed E-state index contributed by atoms with van der Waals surface area (Å²) >= 11 is 5.50. The molecule has 4 nitrogen and oxygen atoms in total. The van der Waals surface area contributed by atoms with Gasteiger partial charge in [-0.2, -0.15) is 0 Å². The van der Waals surface area contributed by atoms with Crippen molar-refractivity contribution in [1.29, 1.82) is 0 Å². The van der Waals surface area contributed by atoms with Crippen molar-refractivity contribution in [3.8, 4) is 0 Å². The van der Waals surface area contributed by atoms with Gasteiger partial charge in [0.25, 0.3) is 0 Å². The van der Waals surface area contributed by atoms with Crippen molar-refractivity contribution in [2.24, 2.45) is 0 Å². The molecule has 0 aliphatic rings. The molecule has 2 atom stereocenters. The number of aliphatic hydroxyl groups excluding tert-OH is 2. The van der Waals surface area contributed by atoms with Crippen LogP contribution < -0.4 is 0 Å². The van der Waals surface area contributed by atoms with Crippen molar-refractivity contribution in [3.63, 3.8) is 0 Å². The summed E-state index contributed by atoms with van der Waals surface area (Å²) in [6.07, 6.45) is -3.80. The molecule has 1 aromatic carbocycles. The molecule has 1 rings (SSSR count). The molecule has 0 aliphatic heterocycles. The molecule has 0 aliphatic carbocycles. The van der Waals surface area contributed by atoms with E-state index in [1.54, 1.807) is 0 Å². The summed E-state index contributed by atoms with van der Waals surface area (Å²) < 4.78 is 12.9. The van der Waals surface area contributed by atoms with E-state index in [0.717, 1.165) is 6.07 Å². The Morgan fingerprint density at radius 1 is 1.40 bits per heavy atom. The number of halogens is 2. The average molecular weight is 235 g/mol. The van der Waals surface area contributed by atoms with Gasteiger partial charge < -0.3 is 15.3 Å². The molecule has 0 bridgehead atoms. The maximum absolute atomic E-state index is 12.9. The molecular weight excluding hydrogens is 227 g/mol. The maximum Gasteiger partial charge on any atom is 0.335 e. The molecule has 0 radical (unpaired) electrons.